The smallest absolute Gasteiger partial charge is 0.410 e. The minimum Gasteiger partial charge on any atom is -0.444 e. The minimum atomic E-state index is -0.650. The van der Waals surface area contributed by atoms with Crippen molar-refractivity contribution in [1.29, 1.82) is 0 Å². The van der Waals surface area contributed by atoms with Crippen molar-refractivity contribution >= 4 is 6.09 Å². The maximum Gasteiger partial charge on any atom is 0.410 e. The van der Waals surface area contributed by atoms with Crippen LogP contribution in [-0.4, -0.2) is 52.1 Å². The van der Waals surface area contributed by atoms with Gasteiger partial charge in [-0.2, -0.15) is 0 Å². The van der Waals surface area contributed by atoms with Crippen molar-refractivity contribution in [2.24, 2.45) is 0 Å². The van der Waals surface area contributed by atoms with Gasteiger partial charge in [0.25, 0.3) is 0 Å². The normalized spacial score (nSPS) is 24.1. The summed E-state index contributed by atoms with van der Waals surface area (Å²) in [5.41, 5.74) is -0.551. The van der Waals surface area contributed by atoms with Gasteiger partial charge < -0.3 is 19.8 Å². The predicted molar refractivity (Wildman–Crippen MR) is 65.8 cm³/mol. The molecule has 2 N–H and O–H groups in total. The molecule has 5 heteroatoms. The number of carbonyl (C=O) groups is 1. The van der Waals surface area contributed by atoms with E-state index in [2.05, 4.69) is 0 Å². The van der Waals surface area contributed by atoms with Crippen LogP contribution in [0.5, 0.6) is 0 Å². The van der Waals surface area contributed by atoms with E-state index in [9.17, 15) is 9.90 Å². The Bertz CT molecular complexity index is 237. The molecule has 1 aliphatic heterocycles. The van der Waals surface area contributed by atoms with E-state index in [4.69, 9.17) is 9.84 Å². The first-order valence-corrected chi connectivity index (χ1v) is 6.13. The van der Waals surface area contributed by atoms with Crippen molar-refractivity contribution in [3.05, 3.63) is 0 Å². The number of likely N-dealkylation sites (tertiary alicyclic amines) is 1. The molecule has 0 bridgehead atoms. The molecule has 1 fully saturated rings. The molecule has 0 aromatic carbocycles. The summed E-state index contributed by atoms with van der Waals surface area (Å²) in [5, 5.41) is 18.5. The molecule has 1 aliphatic rings. The lowest BCUT2D eigenvalue weighted by atomic mass is 10.2. The highest BCUT2D eigenvalue weighted by Crippen LogP contribution is 2.20. The predicted octanol–water partition coefficient (Wildman–Crippen LogP) is 1.38. The largest absolute Gasteiger partial charge is 0.444 e. The summed E-state index contributed by atoms with van der Waals surface area (Å²) in [6.45, 7) is 9.55. The van der Waals surface area contributed by atoms with Gasteiger partial charge in [0.05, 0.1) is 18.8 Å². The van der Waals surface area contributed by atoms with Gasteiger partial charge in [0, 0.05) is 6.54 Å². The lowest BCUT2D eigenvalue weighted by molar-refractivity contribution is 0.00661. The van der Waals surface area contributed by atoms with Gasteiger partial charge in [-0.1, -0.05) is 13.8 Å². The number of carbonyl (C=O) groups excluding carboxylic acids is 1. The molecule has 2 atom stereocenters. The molecule has 0 spiro atoms. The Kier molecular flexibility index (Phi) is 6.49. The molecule has 17 heavy (non-hydrogen) atoms. The number of hydrogen-bond donors (Lipinski definition) is 2. The SMILES string of the molecule is CC.CC(C)(C)OC(=O)N1CCC(O)C1CO. The fourth-order valence-corrected chi connectivity index (χ4v) is 1.60. The third-order valence-electron chi connectivity index (χ3n) is 2.33. The highest BCUT2D eigenvalue weighted by Gasteiger charge is 2.37. The van der Waals surface area contributed by atoms with E-state index < -0.39 is 23.8 Å². The van der Waals surface area contributed by atoms with Crippen LogP contribution in [0.3, 0.4) is 0 Å². The van der Waals surface area contributed by atoms with Gasteiger partial charge in [-0.15, -0.1) is 0 Å². The summed E-state index contributed by atoms with van der Waals surface area (Å²) in [4.78, 5) is 13.0. The summed E-state index contributed by atoms with van der Waals surface area (Å²) in [6.07, 6.45) is -0.634. The third kappa shape index (κ3) is 4.91. The molecule has 1 saturated heterocycles. The zero-order valence-electron chi connectivity index (χ0n) is 11.4. The molecule has 5 nitrogen and oxygen atoms in total. The first-order valence-electron chi connectivity index (χ1n) is 6.13. The minimum absolute atomic E-state index is 0.236. The van der Waals surface area contributed by atoms with Gasteiger partial charge in [-0.05, 0) is 27.2 Å². The Morgan fingerprint density at radius 3 is 2.35 bits per heavy atom. The molecule has 0 aromatic rings. The maximum absolute atomic E-state index is 11.7. The lowest BCUT2D eigenvalue weighted by Gasteiger charge is -2.28. The van der Waals surface area contributed by atoms with Crippen LogP contribution in [0.2, 0.25) is 0 Å². The van der Waals surface area contributed by atoms with Gasteiger partial charge >= 0.3 is 6.09 Å². The number of ether oxygens (including phenoxy) is 1. The average Bonchev–Trinajstić information content (AvgIpc) is 2.60. The first-order chi connectivity index (χ1) is 7.85. The maximum atomic E-state index is 11.7. The van der Waals surface area contributed by atoms with Crippen molar-refractivity contribution in [3.63, 3.8) is 0 Å². The van der Waals surface area contributed by atoms with Crippen LogP contribution in [0.4, 0.5) is 4.79 Å². The molecule has 1 heterocycles. The second-order valence-electron chi connectivity index (χ2n) is 4.78. The summed E-state index contributed by atoms with van der Waals surface area (Å²) >= 11 is 0. The van der Waals surface area contributed by atoms with Crippen LogP contribution < -0.4 is 0 Å². The van der Waals surface area contributed by atoms with E-state index in [0.29, 0.717) is 13.0 Å². The summed E-state index contributed by atoms with van der Waals surface area (Å²) in [6, 6.07) is -0.528. The first kappa shape index (κ1) is 16.2. The second kappa shape index (κ2) is 6.81. The van der Waals surface area contributed by atoms with Crippen LogP contribution >= 0.6 is 0 Å². The van der Waals surface area contributed by atoms with E-state index in [1.54, 1.807) is 20.8 Å². The Labute approximate surface area is 103 Å². The highest BCUT2D eigenvalue weighted by atomic mass is 16.6. The van der Waals surface area contributed by atoms with Crippen LogP contribution in [0.1, 0.15) is 41.0 Å². The third-order valence-corrected chi connectivity index (χ3v) is 2.33. The van der Waals surface area contributed by atoms with Crippen molar-refractivity contribution in [2.45, 2.75) is 58.8 Å². The van der Waals surface area contributed by atoms with E-state index >= 15 is 0 Å². The Morgan fingerprint density at radius 1 is 1.41 bits per heavy atom. The number of amides is 1. The molecule has 1 rings (SSSR count). The van der Waals surface area contributed by atoms with Crippen LogP contribution in [0.25, 0.3) is 0 Å². The van der Waals surface area contributed by atoms with Crippen LogP contribution in [-0.2, 0) is 4.74 Å². The average molecular weight is 247 g/mol. The molecule has 1 amide bonds. The summed E-state index contributed by atoms with van der Waals surface area (Å²) in [7, 11) is 0. The number of aliphatic hydroxyl groups excluding tert-OH is 2. The van der Waals surface area contributed by atoms with Crippen LogP contribution in [0, 0.1) is 0 Å². The van der Waals surface area contributed by atoms with Crippen molar-refractivity contribution in [2.75, 3.05) is 13.2 Å². The Hall–Kier alpha value is -0.810. The molecular weight excluding hydrogens is 222 g/mol. The van der Waals surface area contributed by atoms with Gasteiger partial charge in [0.2, 0.25) is 0 Å². The molecule has 102 valence electrons. The van der Waals surface area contributed by atoms with Crippen molar-refractivity contribution in [3.8, 4) is 0 Å². The van der Waals surface area contributed by atoms with E-state index in [1.165, 1.54) is 4.90 Å². The zero-order valence-corrected chi connectivity index (χ0v) is 11.4. The van der Waals surface area contributed by atoms with Crippen LogP contribution in [0.15, 0.2) is 0 Å². The lowest BCUT2D eigenvalue weighted by Crippen LogP contribution is -2.44. The zero-order chi connectivity index (χ0) is 13.6. The van der Waals surface area contributed by atoms with Gasteiger partial charge in [-0.25, -0.2) is 4.79 Å². The standard InChI is InChI=1S/C10H19NO4.C2H6/c1-10(2,3)15-9(14)11-5-4-8(13)7(11)6-12;1-2/h7-8,12-13H,4-6H2,1-3H3;1-2H3. The number of aliphatic hydroxyl groups is 2. The number of hydrogen-bond acceptors (Lipinski definition) is 4. The molecule has 2 unspecified atom stereocenters. The molecule has 0 saturated carbocycles. The van der Waals surface area contributed by atoms with Gasteiger partial charge in [-0.3, -0.25) is 0 Å². The topological polar surface area (TPSA) is 70.0 Å². The molecule has 0 aliphatic carbocycles. The number of nitrogens with zero attached hydrogens (tertiary/aromatic N) is 1. The quantitative estimate of drug-likeness (QED) is 0.734. The Balaban J connectivity index is 0.00000121. The second-order valence-corrected chi connectivity index (χ2v) is 4.78. The van der Waals surface area contributed by atoms with E-state index in [-0.39, 0.29) is 6.61 Å². The summed E-state index contributed by atoms with van der Waals surface area (Å²) < 4.78 is 5.17. The van der Waals surface area contributed by atoms with Gasteiger partial charge in [0.1, 0.15) is 5.60 Å². The van der Waals surface area contributed by atoms with Crippen molar-refractivity contribution < 1.29 is 19.7 Å². The highest BCUT2D eigenvalue weighted by molar-refractivity contribution is 5.69. The summed E-state index contributed by atoms with van der Waals surface area (Å²) in [5.74, 6) is 0. The monoisotopic (exact) mass is 247 g/mol. The molecular formula is C12H25NO4. The number of rotatable bonds is 1. The fraction of sp³-hybridized carbons (Fsp3) is 0.917. The van der Waals surface area contributed by atoms with Gasteiger partial charge in [0.15, 0.2) is 0 Å². The molecule has 0 aromatic heterocycles. The van der Waals surface area contributed by atoms with E-state index in [1.807, 2.05) is 13.8 Å². The Morgan fingerprint density at radius 2 is 1.94 bits per heavy atom. The van der Waals surface area contributed by atoms with Crippen molar-refractivity contribution in [1.82, 2.24) is 4.90 Å². The fourth-order valence-electron chi connectivity index (χ4n) is 1.60. The molecule has 0 radical (unpaired) electrons. The van der Waals surface area contributed by atoms with E-state index in [0.717, 1.165) is 0 Å².